The molecule has 0 unspecified atom stereocenters. The molecule has 1 heterocycles. The molecule has 0 bridgehead atoms. The van der Waals surface area contributed by atoms with Gasteiger partial charge in [-0.15, -0.1) is 0 Å². The maximum absolute atomic E-state index is 10.6. The Morgan fingerprint density at radius 1 is 1.41 bits per heavy atom. The highest BCUT2D eigenvalue weighted by Gasteiger charge is 2.15. The van der Waals surface area contributed by atoms with Crippen molar-refractivity contribution in [3.63, 3.8) is 0 Å². The number of aromatic nitrogens is 1. The molecule has 0 aliphatic carbocycles. The number of aryl methyl sites for hydroxylation is 1. The summed E-state index contributed by atoms with van der Waals surface area (Å²) >= 11 is 0. The second-order valence-electron chi connectivity index (χ2n) is 3.98. The topological polar surface area (TPSA) is 70.4 Å². The number of carbonyl (C=O) groups is 1. The zero-order valence-corrected chi connectivity index (χ0v) is 9.42. The molecule has 0 radical (unpaired) electrons. The van der Waals surface area contributed by atoms with Gasteiger partial charge < -0.3 is 10.2 Å². The van der Waals surface area contributed by atoms with Crippen molar-refractivity contribution in [3.8, 4) is 0 Å². The van der Waals surface area contributed by atoms with Gasteiger partial charge in [0.1, 0.15) is 0 Å². The number of fused-ring (bicyclic) bond motifs is 1. The average Bonchev–Trinajstić information content (AvgIpc) is 2.26. The SMILES string of the molecule is Cc1cc([C@H](O)CC(=O)O)c2ccccc2n1. The van der Waals surface area contributed by atoms with Gasteiger partial charge >= 0.3 is 5.97 Å². The molecule has 1 atom stereocenters. The summed E-state index contributed by atoms with van der Waals surface area (Å²) in [4.78, 5) is 15.0. The van der Waals surface area contributed by atoms with Crippen LogP contribution >= 0.6 is 0 Å². The van der Waals surface area contributed by atoms with Gasteiger partial charge in [-0.2, -0.15) is 0 Å². The standard InChI is InChI=1S/C13H13NO3/c1-8-6-10(12(15)7-13(16)17)9-4-2-3-5-11(9)14-8/h2-6,12,15H,7H2,1H3,(H,16,17)/t12-/m1/s1. The first-order valence-corrected chi connectivity index (χ1v) is 5.34. The predicted octanol–water partition coefficient (Wildman–Crippen LogP) is 2.05. The lowest BCUT2D eigenvalue weighted by Gasteiger charge is -2.12. The average molecular weight is 231 g/mol. The molecule has 0 spiro atoms. The number of nitrogens with zero attached hydrogens (tertiary/aromatic N) is 1. The zero-order valence-electron chi connectivity index (χ0n) is 9.42. The minimum absolute atomic E-state index is 0.298. The smallest absolute Gasteiger partial charge is 0.306 e. The van der Waals surface area contributed by atoms with Crippen LogP contribution in [-0.4, -0.2) is 21.2 Å². The summed E-state index contributed by atoms with van der Waals surface area (Å²) in [6.07, 6.45) is -1.30. The predicted molar refractivity (Wildman–Crippen MR) is 63.7 cm³/mol. The van der Waals surface area contributed by atoms with Gasteiger partial charge in [0.2, 0.25) is 0 Å². The van der Waals surface area contributed by atoms with Crippen molar-refractivity contribution in [1.82, 2.24) is 4.98 Å². The summed E-state index contributed by atoms with van der Waals surface area (Å²) in [5.74, 6) is -1.02. The zero-order chi connectivity index (χ0) is 12.4. The van der Waals surface area contributed by atoms with E-state index >= 15 is 0 Å². The van der Waals surface area contributed by atoms with Crippen LogP contribution in [-0.2, 0) is 4.79 Å². The number of rotatable bonds is 3. The Hall–Kier alpha value is -1.94. The van der Waals surface area contributed by atoms with Crippen molar-refractivity contribution in [2.24, 2.45) is 0 Å². The second kappa shape index (κ2) is 4.51. The van der Waals surface area contributed by atoms with E-state index in [2.05, 4.69) is 4.98 Å². The van der Waals surface area contributed by atoms with Crippen LogP contribution in [0.25, 0.3) is 10.9 Å². The number of aliphatic hydroxyl groups is 1. The van der Waals surface area contributed by atoms with Crippen molar-refractivity contribution < 1.29 is 15.0 Å². The molecule has 0 aliphatic heterocycles. The minimum Gasteiger partial charge on any atom is -0.481 e. The van der Waals surface area contributed by atoms with Crippen molar-refractivity contribution in [1.29, 1.82) is 0 Å². The lowest BCUT2D eigenvalue weighted by molar-refractivity contribution is -0.139. The van der Waals surface area contributed by atoms with Crippen LogP contribution in [0.15, 0.2) is 30.3 Å². The molecule has 4 heteroatoms. The lowest BCUT2D eigenvalue weighted by Crippen LogP contribution is -2.06. The Labute approximate surface area is 98.5 Å². The maximum atomic E-state index is 10.6. The van der Waals surface area contributed by atoms with Crippen molar-refractivity contribution in [3.05, 3.63) is 41.6 Å². The third-order valence-electron chi connectivity index (χ3n) is 2.60. The molecular formula is C13H13NO3. The number of benzene rings is 1. The van der Waals surface area contributed by atoms with Gasteiger partial charge in [0.15, 0.2) is 0 Å². The molecule has 4 nitrogen and oxygen atoms in total. The molecule has 17 heavy (non-hydrogen) atoms. The molecule has 1 aromatic heterocycles. The highest BCUT2D eigenvalue weighted by atomic mass is 16.4. The van der Waals surface area contributed by atoms with Gasteiger partial charge in [-0.3, -0.25) is 9.78 Å². The third kappa shape index (κ3) is 2.42. The summed E-state index contributed by atoms with van der Waals surface area (Å²) in [5.41, 5.74) is 2.16. The van der Waals surface area contributed by atoms with Crippen LogP contribution < -0.4 is 0 Å². The molecule has 0 saturated carbocycles. The van der Waals surface area contributed by atoms with Crippen molar-refractivity contribution in [2.45, 2.75) is 19.4 Å². The molecular weight excluding hydrogens is 218 g/mol. The van der Waals surface area contributed by atoms with Crippen molar-refractivity contribution >= 4 is 16.9 Å². The lowest BCUT2D eigenvalue weighted by atomic mass is 10.0. The fourth-order valence-corrected chi connectivity index (χ4v) is 1.89. The first kappa shape index (κ1) is 11.5. The minimum atomic E-state index is -1.02. The summed E-state index contributed by atoms with van der Waals surface area (Å²) in [5, 5.41) is 19.4. The number of hydrogen-bond donors (Lipinski definition) is 2. The van der Waals surface area contributed by atoms with Gasteiger partial charge in [0.05, 0.1) is 18.0 Å². The van der Waals surface area contributed by atoms with Gasteiger partial charge in [0.25, 0.3) is 0 Å². The first-order valence-electron chi connectivity index (χ1n) is 5.34. The Balaban J connectivity index is 2.55. The highest BCUT2D eigenvalue weighted by Crippen LogP contribution is 2.25. The van der Waals surface area contributed by atoms with E-state index in [1.165, 1.54) is 0 Å². The number of aliphatic carboxylic acids is 1. The Bertz CT molecular complexity index is 566. The van der Waals surface area contributed by atoms with Gasteiger partial charge in [-0.25, -0.2) is 0 Å². The van der Waals surface area contributed by atoms with E-state index in [1.807, 2.05) is 31.2 Å². The van der Waals surface area contributed by atoms with Gasteiger partial charge in [-0.05, 0) is 24.6 Å². The number of carboxylic acid groups (broad SMARTS) is 1. The van der Waals surface area contributed by atoms with E-state index in [0.717, 1.165) is 16.6 Å². The number of pyridine rings is 1. The Morgan fingerprint density at radius 3 is 2.82 bits per heavy atom. The fraction of sp³-hybridized carbons (Fsp3) is 0.231. The molecule has 0 saturated heterocycles. The molecule has 0 amide bonds. The first-order chi connectivity index (χ1) is 8.08. The largest absolute Gasteiger partial charge is 0.481 e. The fourth-order valence-electron chi connectivity index (χ4n) is 1.89. The quantitative estimate of drug-likeness (QED) is 0.848. The number of carboxylic acids is 1. The monoisotopic (exact) mass is 231 g/mol. The van der Waals surface area contributed by atoms with Crippen LogP contribution in [0, 0.1) is 6.92 Å². The Kier molecular flexibility index (Phi) is 3.06. The van der Waals surface area contributed by atoms with E-state index in [0.29, 0.717) is 5.56 Å². The highest BCUT2D eigenvalue weighted by molar-refractivity contribution is 5.83. The van der Waals surface area contributed by atoms with Crippen LogP contribution in [0.5, 0.6) is 0 Å². The summed E-state index contributed by atoms with van der Waals surface area (Å²) in [7, 11) is 0. The van der Waals surface area contributed by atoms with Crippen LogP contribution in [0.4, 0.5) is 0 Å². The molecule has 1 aromatic carbocycles. The molecule has 2 rings (SSSR count). The van der Waals surface area contributed by atoms with Gasteiger partial charge in [-0.1, -0.05) is 18.2 Å². The maximum Gasteiger partial charge on any atom is 0.306 e. The van der Waals surface area contributed by atoms with E-state index in [4.69, 9.17) is 5.11 Å². The van der Waals surface area contributed by atoms with Gasteiger partial charge in [0, 0.05) is 11.1 Å². The molecule has 0 fully saturated rings. The number of hydrogen-bond acceptors (Lipinski definition) is 3. The molecule has 88 valence electrons. The summed E-state index contributed by atoms with van der Waals surface area (Å²) in [6.45, 7) is 1.82. The van der Waals surface area contributed by atoms with E-state index < -0.39 is 12.1 Å². The summed E-state index contributed by atoms with van der Waals surface area (Å²) < 4.78 is 0. The molecule has 0 aliphatic rings. The van der Waals surface area contributed by atoms with Crippen LogP contribution in [0.3, 0.4) is 0 Å². The second-order valence-corrected chi connectivity index (χ2v) is 3.98. The Morgan fingerprint density at radius 2 is 2.12 bits per heavy atom. The van der Waals surface area contributed by atoms with E-state index in [1.54, 1.807) is 6.07 Å². The molecule has 2 N–H and O–H groups in total. The van der Waals surface area contributed by atoms with E-state index in [-0.39, 0.29) is 6.42 Å². The summed E-state index contributed by atoms with van der Waals surface area (Å²) in [6, 6.07) is 9.12. The third-order valence-corrected chi connectivity index (χ3v) is 2.60. The number of aliphatic hydroxyl groups excluding tert-OH is 1. The van der Waals surface area contributed by atoms with E-state index in [9.17, 15) is 9.90 Å². The van der Waals surface area contributed by atoms with Crippen molar-refractivity contribution in [2.75, 3.05) is 0 Å². The van der Waals surface area contributed by atoms with Crippen LogP contribution in [0.2, 0.25) is 0 Å². The van der Waals surface area contributed by atoms with Crippen LogP contribution in [0.1, 0.15) is 23.8 Å². The normalized spacial score (nSPS) is 12.6. The molecule has 2 aromatic rings. The number of para-hydroxylation sites is 1.